The molecule has 2 saturated heterocycles. The number of aliphatic hydroxyl groups is 1. The van der Waals surface area contributed by atoms with Crippen LogP contribution in [0, 0.1) is 17.6 Å². The SMILES string of the molecule is C=C1C(O)=C2C(=C3CC3)N(CC)CC3CC(C)C(=C1C(=O)NCc1ccc(F)cc1F)N23.CCCCCCC. The summed E-state index contributed by atoms with van der Waals surface area (Å²) in [4.78, 5) is 17.7. The standard InChI is InChI=1S/C25H27F2N3O2.C7H16/c1-4-29-12-18-9-13(2)21-20(25(32)28-11-16-7-8-17(26)10-19(16)27)14(3)24(31)23(30(18)21)22(29)15-5-6-15;1-3-5-7-6-4-2/h7-8,10,13,18,31H,3-6,9,11-12H2,1-2H3,(H,28,32);3-7H2,1-2H3. The van der Waals surface area contributed by atoms with Crippen LogP contribution in [0.5, 0.6) is 0 Å². The van der Waals surface area contributed by atoms with Gasteiger partial charge >= 0.3 is 0 Å². The number of piperazine rings is 1. The molecule has 1 amide bonds. The Hall–Kier alpha value is -3.09. The number of hydrogen-bond donors (Lipinski definition) is 2. The maximum Gasteiger partial charge on any atom is 0.254 e. The molecule has 2 atom stereocenters. The van der Waals surface area contributed by atoms with Crippen molar-refractivity contribution in [3.05, 3.63) is 81.5 Å². The number of aliphatic hydroxyl groups excluding tert-OH is 1. The van der Waals surface area contributed by atoms with Crippen molar-refractivity contribution in [1.29, 1.82) is 0 Å². The van der Waals surface area contributed by atoms with Gasteiger partial charge in [-0.3, -0.25) is 4.79 Å². The summed E-state index contributed by atoms with van der Waals surface area (Å²) in [6.07, 6.45) is 9.94. The van der Waals surface area contributed by atoms with Gasteiger partial charge in [0.05, 0.1) is 17.3 Å². The first kappa shape index (κ1) is 28.9. The maximum absolute atomic E-state index is 14.0. The third kappa shape index (κ3) is 5.92. The third-order valence-electron chi connectivity index (χ3n) is 8.10. The zero-order chi connectivity index (χ0) is 28.3. The van der Waals surface area contributed by atoms with Gasteiger partial charge in [-0.25, -0.2) is 8.78 Å². The monoisotopic (exact) mass is 539 g/mol. The summed E-state index contributed by atoms with van der Waals surface area (Å²) in [6.45, 7) is 14.4. The Balaban J connectivity index is 0.000000448. The summed E-state index contributed by atoms with van der Waals surface area (Å²) < 4.78 is 27.2. The molecule has 5 rings (SSSR count). The van der Waals surface area contributed by atoms with Gasteiger partial charge in [0.2, 0.25) is 0 Å². The summed E-state index contributed by atoms with van der Waals surface area (Å²) in [7, 11) is 0. The fourth-order valence-electron chi connectivity index (χ4n) is 5.97. The lowest BCUT2D eigenvalue weighted by atomic mass is 9.91. The predicted molar refractivity (Wildman–Crippen MR) is 151 cm³/mol. The second kappa shape index (κ2) is 12.4. The lowest BCUT2D eigenvalue weighted by Gasteiger charge is -2.46. The number of carbonyl (C=O) groups is 1. The summed E-state index contributed by atoms with van der Waals surface area (Å²) in [5.74, 6) is -1.63. The summed E-state index contributed by atoms with van der Waals surface area (Å²) in [5.41, 5.74) is 4.92. The average molecular weight is 540 g/mol. The number of unbranched alkanes of at least 4 members (excludes halogenated alkanes) is 4. The van der Waals surface area contributed by atoms with Gasteiger partial charge in [0.25, 0.3) is 5.91 Å². The molecule has 7 heteroatoms. The normalized spacial score (nSPS) is 21.7. The van der Waals surface area contributed by atoms with E-state index >= 15 is 0 Å². The van der Waals surface area contributed by atoms with Crippen molar-refractivity contribution in [2.24, 2.45) is 5.92 Å². The molecule has 3 aliphatic heterocycles. The lowest BCUT2D eigenvalue weighted by molar-refractivity contribution is -0.117. The second-order valence-corrected chi connectivity index (χ2v) is 11.1. The Kier molecular flexibility index (Phi) is 9.19. The quantitative estimate of drug-likeness (QED) is 0.342. The molecule has 0 aromatic heterocycles. The van der Waals surface area contributed by atoms with Crippen molar-refractivity contribution in [3.8, 4) is 0 Å². The molecule has 212 valence electrons. The molecule has 1 aromatic rings. The molecule has 0 spiro atoms. The Morgan fingerprint density at radius 1 is 1.10 bits per heavy atom. The van der Waals surface area contributed by atoms with Crippen LogP contribution in [0.2, 0.25) is 0 Å². The number of nitrogens with one attached hydrogen (secondary N) is 1. The third-order valence-corrected chi connectivity index (χ3v) is 8.10. The van der Waals surface area contributed by atoms with Crippen molar-refractivity contribution < 1.29 is 18.7 Å². The van der Waals surface area contributed by atoms with Crippen LogP contribution < -0.4 is 5.32 Å². The number of rotatable bonds is 8. The van der Waals surface area contributed by atoms with Gasteiger partial charge in [-0.05, 0) is 43.7 Å². The molecule has 1 aromatic carbocycles. The van der Waals surface area contributed by atoms with Crippen molar-refractivity contribution in [2.75, 3.05) is 13.1 Å². The fourth-order valence-corrected chi connectivity index (χ4v) is 5.97. The van der Waals surface area contributed by atoms with Crippen molar-refractivity contribution in [3.63, 3.8) is 0 Å². The van der Waals surface area contributed by atoms with E-state index in [1.807, 2.05) is 0 Å². The van der Waals surface area contributed by atoms with Gasteiger partial charge in [0.15, 0.2) is 0 Å². The molecule has 5 nitrogen and oxygen atoms in total. The minimum absolute atomic E-state index is 0.0403. The number of amides is 1. The molecule has 1 aliphatic carbocycles. The van der Waals surface area contributed by atoms with Crippen LogP contribution >= 0.6 is 0 Å². The molecular formula is C32H43F2N3O2. The smallest absolute Gasteiger partial charge is 0.254 e. The molecule has 2 unspecified atom stereocenters. The van der Waals surface area contributed by atoms with E-state index in [0.717, 1.165) is 61.6 Å². The number of halogens is 2. The Labute approximate surface area is 232 Å². The average Bonchev–Trinajstić information content (AvgIpc) is 3.70. The largest absolute Gasteiger partial charge is 0.505 e. The Morgan fingerprint density at radius 2 is 1.79 bits per heavy atom. The zero-order valence-corrected chi connectivity index (χ0v) is 23.9. The van der Waals surface area contributed by atoms with Crippen LogP contribution in [-0.4, -0.2) is 39.9 Å². The first-order valence-electron chi connectivity index (χ1n) is 14.6. The van der Waals surface area contributed by atoms with Gasteiger partial charge in [-0.15, -0.1) is 0 Å². The van der Waals surface area contributed by atoms with E-state index in [0.29, 0.717) is 11.1 Å². The van der Waals surface area contributed by atoms with Crippen LogP contribution in [-0.2, 0) is 11.3 Å². The molecule has 2 N–H and O–H groups in total. The minimum atomic E-state index is -0.707. The molecular weight excluding hydrogens is 496 g/mol. The summed E-state index contributed by atoms with van der Waals surface area (Å²) in [6, 6.07) is 3.45. The van der Waals surface area contributed by atoms with E-state index in [1.54, 1.807) is 0 Å². The van der Waals surface area contributed by atoms with Crippen LogP contribution in [0.25, 0.3) is 0 Å². The molecule has 0 radical (unpaired) electrons. The minimum Gasteiger partial charge on any atom is -0.505 e. The van der Waals surface area contributed by atoms with Gasteiger partial charge in [-0.2, -0.15) is 0 Å². The Morgan fingerprint density at radius 3 is 2.38 bits per heavy atom. The zero-order valence-electron chi connectivity index (χ0n) is 23.9. The number of nitrogens with zero attached hydrogens (tertiary/aromatic N) is 2. The highest BCUT2D eigenvalue weighted by Gasteiger charge is 2.49. The first-order chi connectivity index (χ1) is 18.7. The Bertz CT molecular complexity index is 1210. The van der Waals surface area contributed by atoms with E-state index in [2.05, 4.69) is 49.4 Å². The van der Waals surface area contributed by atoms with Gasteiger partial charge in [0, 0.05) is 42.5 Å². The van der Waals surface area contributed by atoms with E-state index in [4.69, 9.17) is 0 Å². The second-order valence-electron chi connectivity index (χ2n) is 11.1. The highest BCUT2D eigenvalue weighted by Crippen LogP contribution is 2.52. The van der Waals surface area contributed by atoms with Gasteiger partial charge < -0.3 is 20.2 Å². The van der Waals surface area contributed by atoms with E-state index in [1.165, 1.54) is 43.7 Å². The van der Waals surface area contributed by atoms with Crippen molar-refractivity contribution in [2.45, 2.75) is 91.6 Å². The highest BCUT2D eigenvalue weighted by molar-refractivity contribution is 6.00. The molecule has 3 heterocycles. The first-order valence-corrected chi connectivity index (χ1v) is 14.6. The van der Waals surface area contributed by atoms with Crippen LogP contribution in [0.1, 0.15) is 84.6 Å². The van der Waals surface area contributed by atoms with Crippen molar-refractivity contribution >= 4 is 5.91 Å². The summed E-state index contributed by atoms with van der Waals surface area (Å²) >= 11 is 0. The molecule has 1 saturated carbocycles. The topological polar surface area (TPSA) is 55.8 Å². The van der Waals surface area contributed by atoms with Gasteiger partial charge in [-0.1, -0.05) is 65.5 Å². The van der Waals surface area contributed by atoms with E-state index in [-0.39, 0.29) is 29.8 Å². The van der Waals surface area contributed by atoms with Crippen LogP contribution in [0.3, 0.4) is 0 Å². The molecule has 39 heavy (non-hydrogen) atoms. The number of hydrogen-bond acceptors (Lipinski definition) is 4. The maximum atomic E-state index is 14.0. The van der Waals surface area contributed by atoms with Crippen LogP contribution in [0.15, 0.2) is 64.3 Å². The molecule has 3 fully saturated rings. The molecule has 4 aliphatic rings. The number of allylic oxidation sites excluding steroid dienone is 3. The van der Waals surface area contributed by atoms with E-state index in [9.17, 15) is 18.7 Å². The van der Waals surface area contributed by atoms with Crippen molar-refractivity contribution in [1.82, 2.24) is 15.1 Å². The number of carbonyl (C=O) groups excluding carboxylic acids is 1. The lowest BCUT2D eigenvalue weighted by Crippen LogP contribution is -2.49. The highest BCUT2D eigenvalue weighted by atomic mass is 19.1. The number of benzene rings is 1. The predicted octanol–water partition coefficient (Wildman–Crippen LogP) is 7.25. The van der Waals surface area contributed by atoms with Crippen LogP contribution in [0.4, 0.5) is 8.78 Å². The summed E-state index contributed by atoms with van der Waals surface area (Å²) in [5, 5.41) is 14.0. The number of likely N-dealkylation sites (N-methyl/N-ethyl adjacent to an activating group) is 1. The van der Waals surface area contributed by atoms with Gasteiger partial charge in [0.1, 0.15) is 23.1 Å². The fraction of sp³-hybridized carbons (Fsp3) is 0.531. The molecule has 0 bridgehead atoms. The van der Waals surface area contributed by atoms with E-state index < -0.39 is 17.5 Å².